The minimum Gasteiger partial charge on any atom is -0.356 e. The lowest BCUT2D eigenvalue weighted by Gasteiger charge is -2.11. The van der Waals surface area contributed by atoms with Gasteiger partial charge in [-0.25, -0.2) is 4.39 Å². The summed E-state index contributed by atoms with van der Waals surface area (Å²) in [7, 11) is 0. The van der Waals surface area contributed by atoms with Crippen LogP contribution in [0.4, 0.5) is 4.39 Å². The summed E-state index contributed by atoms with van der Waals surface area (Å²) >= 11 is 5.88. The SMILES string of the molecule is O=C(Cc1c(F)cccc1Cl)NCCC1CCCN1. The summed E-state index contributed by atoms with van der Waals surface area (Å²) in [5.74, 6) is -0.620. The Bertz CT molecular complexity index is 427. The van der Waals surface area contributed by atoms with Crippen LogP contribution in [0.5, 0.6) is 0 Å². The second kappa shape index (κ2) is 6.87. The molecule has 0 radical (unpaired) electrons. The Morgan fingerprint density at radius 1 is 1.53 bits per heavy atom. The summed E-state index contributed by atoms with van der Waals surface area (Å²) in [6.45, 7) is 1.67. The number of nitrogens with one attached hydrogen (secondary N) is 2. The number of hydrogen-bond acceptors (Lipinski definition) is 2. The Morgan fingerprint density at radius 2 is 2.37 bits per heavy atom. The normalized spacial score (nSPS) is 18.5. The minimum absolute atomic E-state index is 0.0103. The van der Waals surface area contributed by atoms with Gasteiger partial charge in [-0.15, -0.1) is 0 Å². The van der Waals surface area contributed by atoms with Crippen molar-refractivity contribution in [1.82, 2.24) is 10.6 Å². The highest BCUT2D eigenvalue weighted by Crippen LogP contribution is 2.19. The second-order valence-corrected chi connectivity index (χ2v) is 5.22. The Hall–Kier alpha value is -1.13. The molecular formula is C14H18ClFN2O. The first-order chi connectivity index (χ1) is 9.16. The molecule has 1 atom stereocenters. The third-order valence-electron chi connectivity index (χ3n) is 3.38. The predicted molar refractivity (Wildman–Crippen MR) is 73.8 cm³/mol. The van der Waals surface area contributed by atoms with Crippen LogP contribution in [0.1, 0.15) is 24.8 Å². The van der Waals surface area contributed by atoms with E-state index in [2.05, 4.69) is 10.6 Å². The van der Waals surface area contributed by atoms with Gasteiger partial charge in [0.1, 0.15) is 5.82 Å². The molecule has 0 bridgehead atoms. The van der Waals surface area contributed by atoms with Gasteiger partial charge in [0, 0.05) is 23.2 Å². The van der Waals surface area contributed by atoms with E-state index in [1.54, 1.807) is 6.07 Å². The van der Waals surface area contributed by atoms with Gasteiger partial charge >= 0.3 is 0 Å². The number of carbonyl (C=O) groups is 1. The van der Waals surface area contributed by atoms with Gasteiger partial charge in [-0.1, -0.05) is 17.7 Å². The third-order valence-corrected chi connectivity index (χ3v) is 3.73. The summed E-state index contributed by atoms with van der Waals surface area (Å²) in [6.07, 6.45) is 3.26. The van der Waals surface area contributed by atoms with Crippen molar-refractivity contribution in [3.8, 4) is 0 Å². The van der Waals surface area contributed by atoms with E-state index in [1.165, 1.54) is 18.6 Å². The van der Waals surface area contributed by atoms with E-state index in [4.69, 9.17) is 11.6 Å². The molecule has 1 aromatic rings. The van der Waals surface area contributed by atoms with Crippen LogP contribution in [0.2, 0.25) is 5.02 Å². The van der Waals surface area contributed by atoms with Crippen molar-refractivity contribution in [3.63, 3.8) is 0 Å². The zero-order valence-electron chi connectivity index (χ0n) is 10.7. The van der Waals surface area contributed by atoms with E-state index >= 15 is 0 Å². The predicted octanol–water partition coefficient (Wildman–Crippen LogP) is 2.28. The largest absolute Gasteiger partial charge is 0.356 e. The summed E-state index contributed by atoms with van der Waals surface area (Å²) < 4.78 is 13.5. The van der Waals surface area contributed by atoms with Crippen molar-refractivity contribution in [2.75, 3.05) is 13.1 Å². The first-order valence-electron chi connectivity index (χ1n) is 6.60. The molecule has 2 N–H and O–H groups in total. The number of carbonyl (C=O) groups excluding carboxylic acids is 1. The molecule has 1 aliphatic heterocycles. The molecule has 3 nitrogen and oxygen atoms in total. The van der Waals surface area contributed by atoms with E-state index in [-0.39, 0.29) is 17.9 Å². The molecule has 1 heterocycles. The molecule has 0 aliphatic carbocycles. The van der Waals surface area contributed by atoms with Gasteiger partial charge in [-0.05, 0) is 37.9 Å². The van der Waals surface area contributed by atoms with Gasteiger partial charge in [0.25, 0.3) is 0 Å². The summed E-state index contributed by atoms with van der Waals surface area (Å²) in [5, 5.41) is 6.47. The van der Waals surface area contributed by atoms with Crippen LogP contribution in [0.15, 0.2) is 18.2 Å². The van der Waals surface area contributed by atoms with Crippen molar-refractivity contribution >= 4 is 17.5 Å². The smallest absolute Gasteiger partial charge is 0.224 e. The highest BCUT2D eigenvalue weighted by Gasteiger charge is 2.15. The number of rotatable bonds is 5. The highest BCUT2D eigenvalue weighted by molar-refractivity contribution is 6.31. The van der Waals surface area contributed by atoms with Crippen LogP contribution in [0.25, 0.3) is 0 Å². The zero-order chi connectivity index (χ0) is 13.7. The third kappa shape index (κ3) is 4.18. The van der Waals surface area contributed by atoms with Crippen molar-refractivity contribution in [2.24, 2.45) is 0 Å². The molecule has 2 rings (SSSR count). The lowest BCUT2D eigenvalue weighted by molar-refractivity contribution is -0.120. The van der Waals surface area contributed by atoms with Gasteiger partial charge < -0.3 is 10.6 Å². The quantitative estimate of drug-likeness (QED) is 0.871. The first-order valence-corrected chi connectivity index (χ1v) is 6.97. The van der Waals surface area contributed by atoms with E-state index in [9.17, 15) is 9.18 Å². The fourth-order valence-corrected chi connectivity index (χ4v) is 2.54. The van der Waals surface area contributed by atoms with Gasteiger partial charge in [0.15, 0.2) is 0 Å². The lowest BCUT2D eigenvalue weighted by Crippen LogP contribution is -2.31. The molecule has 19 heavy (non-hydrogen) atoms. The lowest BCUT2D eigenvalue weighted by atomic mass is 10.1. The van der Waals surface area contributed by atoms with Gasteiger partial charge in [0.2, 0.25) is 5.91 Å². The first kappa shape index (κ1) is 14.3. The van der Waals surface area contributed by atoms with Crippen LogP contribution in [-0.4, -0.2) is 25.0 Å². The van der Waals surface area contributed by atoms with Crippen molar-refractivity contribution in [2.45, 2.75) is 31.7 Å². The molecule has 1 amide bonds. The summed E-state index contributed by atoms with van der Waals surface area (Å²) in [5.41, 5.74) is 0.264. The molecule has 1 fully saturated rings. The standard InChI is InChI=1S/C14H18ClFN2O/c15-12-4-1-5-13(16)11(12)9-14(19)18-8-6-10-3-2-7-17-10/h1,4-5,10,17H,2-3,6-9H2,(H,18,19). The van der Waals surface area contributed by atoms with Crippen LogP contribution in [0.3, 0.4) is 0 Å². The monoisotopic (exact) mass is 284 g/mol. The summed E-state index contributed by atoms with van der Waals surface area (Å²) in [6, 6.07) is 4.94. The summed E-state index contributed by atoms with van der Waals surface area (Å²) in [4.78, 5) is 11.7. The fraction of sp³-hybridized carbons (Fsp3) is 0.500. The molecule has 0 aromatic heterocycles. The van der Waals surface area contributed by atoms with E-state index in [1.807, 2.05) is 0 Å². The topological polar surface area (TPSA) is 41.1 Å². The average Bonchev–Trinajstić information content (AvgIpc) is 2.87. The van der Waals surface area contributed by atoms with Crippen LogP contribution in [0, 0.1) is 5.82 Å². The minimum atomic E-state index is -0.430. The van der Waals surface area contributed by atoms with Crippen LogP contribution < -0.4 is 10.6 Å². The maximum absolute atomic E-state index is 13.5. The van der Waals surface area contributed by atoms with Crippen molar-refractivity contribution < 1.29 is 9.18 Å². The van der Waals surface area contributed by atoms with Crippen LogP contribution in [-0.2, 0) is 11.2 Å². The van der Waals surface area contributed by atoms with Crippen molar-refractivity contribution in [1.29, 1.82) is 0 Å². The zero-order valence-corrected chi connectivity index (χ0v) is 11.5. The molecule has 1 saturated heterocycles. The molecular weight excluding hydrogens is 267 g/mol. The van der Waals surface area contributed by atoms with Gasteiger partial charge in [-0.2, -0.15) is 0 Å². The van der Waals surface area contributed by atoms with Crippen LogP contribution >= 0.6 is 11.6 Å². The van der Waals surface area contributed by atoms with E-state index in [0.717, 1.165) is 19.4 Å². The van der Waals surface area contributed by atoms with E-state index < -0.39 is 5.82 Å². The number of hydrogen-bond donors (Lipinski definition) is 2. The highest BCUT2D eigenvalue weighted by atomic mass is 35.5. The van der Waals surface area contributed by atoms with Gasteiger partial charge in [0.05, 0.1) is 6.42 Å². The van der Waals surface area contributed by atoms with Gasteiger partial charge in [-0.3, -0.25) is 4.79 Å². The fourth-order valence-electron chi connectivity index (χ4n) is 2.31. The maximum atomic E-state index is 13.5. The average molecular weight is 285 g/mol. The van der Waals surface area contributed by atoms with E-state index in [0.29, 0.717) is 17.6 Å². The number of halogens is 2. The molecule has 0 spiro atoms. The Labute approximate surface area is 117 Å². The van der Waals surface area contributed by atoms with Crippen molar-refractivity contribution in [3.05, 3.63) is 34.6 Å². The molecule has 0 saturated carbocycles. The molecule has 1 aliphatic rings. The molecule has 1 aromatic carbocycles. The Kier molecular flexibility index (Phi) is 5.16. The molecule has 104 valence electrons. The molecule has 5 heteroatoms. The number of benzene rings is 1. The Balaban J connectivity index is 1.77. The maximum Gasteiger partial charge on any atom is 0.224 e. The number of amides is 1. The Morgan fingerprint density at radius 3 is 3.05 bits per heavy atom. The second-order valence-electron chi connectivity index (χ2n) is 4.81. The molecule has 1 unspecified atom stereocenters.